The molecule has 3 nitrogen and oxygen atoms in total. The molecule has 102 valence electrons. The number of nitrogens with zero attached hydrogens (tertiary/aromatic N) is 1. The van der Waals surface area contributed by atoms with Crippen LogP contribution >= 0.6 is 27.5 Å². The first-order valence-electron chi connectivity index (χ1n) is 6.09. The van der Waals surface area contributed by atoms with Gasteiger partial charge in [0.1, 0.15) is 5.76 Å². The van der Waals surface area contributed by atoms with Crippen molar-refractivity contribution in [2.24, 2.45) is 0 Å². The maximum atomic E-state index is 6.25. The number of hydrogen-bond acceptors (Lipinski definition) is 3. The summed E-state index contributed by atoms with van der Waals surface area (Å²) < 4.78 is 6.14. The minimum absolute atomic E-state index is 0.161. The molecule has 0 aliphatic heterocycles. The molecule has 1 heterocycles. The minimum Gasteiger partial charge on any atom is -0.361 e. The van der Waals surface area contributed by atoms with Crippen molar-refractivity contribution >= 4 is 27.5 Å². The largest absolute Gasteiger partial charge is 0.361 e. The molecule has 0 fully saturated rings. The highest BCUT2D eigenvalue weighted by atomic mass is 79.9. The molecule has 0 aliphatic rings. The molecule has 0 radical (unpaired) electrons. The molecule has 1 aromatic carbocycles. The number of nitrogens with one attached hydrogen (secondary N) is 1. The quantitative estimate of drug-likeness (QED) is 0.884. The van der Waals surface area contributed by atoms with Crippen LogP contribution in [0.15, 0.2) is 27.2 Å². The lowest BCUT2D eigenvalue weighted by Gasteiger charge is -2.15. The van der Waals surface area contributed by atoms with E-state index in [0.29, 0.717) is 6.54 Å². The Hall–Kier alpha value is -0.840. The van der Waals surface area contributed by atoms with Gasteiger partial charge >= 0.3 is 0 Å². The fourth-order valence-electron chi connectivity index (χ4n) is 1.97. The zero-order valence-electron chi connectivity index (χ0n) is 11.1. The van der Waals surface area contributed by atoms with E-state index in [1.807, 2.05) is 32.0 Å². The SMILES string of the molecule is Cc1noc(C)c1CNC(C)c1ccc(Br)cc1Cl. The van der Waals surface area contributed by atoms with Crippen LogP contribution in [0.4, 0.5) is 0 Å². The van der Waals surface area contributed by atoms with Crippen molar-refractivity contribution in [3.05, 3.63) is 50.3 Å². The lowest BCUT2D eigenvalue weighted by atomic mass is 10.1. The van der Waals surface area contributed by atoms with E-state index < -0.39 is 0 Å². The molecule has 2 rings (SSSR count). The standard InChI is InChI=1S/C14H16BrClN2O/c1-8(12-5-4-11(15)6-14(12)16)17-7-13-9(2)18-19-10(13)3/h4-6,8,17H,7H2,1-3H3. The van der Waals surface area contributed by atoms with Gasteiger partial charge in [0, 0.05) is 27.6 Å². The molecule has 0 saturated carbocycles. The zero-order chi connectivity index (χ0) is 14.0. The van der Waals surface area contributed by atoms with Crippen LogP contribution in [0.25, 0.3) is 0 Å². The van der Waals surface area contributed by atoms with Gasteiger partial charge in [-0.05, 0) is 38.5 Å². The Morgan fingerprint density at radius 1 is 1.42 bits per heavy atom. The van der Waals surface area contributed by atoms with Crippen LogP contribution in [0.1, 0.15) is 35.5 Å². The third-order valence-electron chi connectivity index (χ3n) is 3.20. The van der Waals surface area contributed by atoms with Crippen LogP contribution in [-0.4, -0.2) is 5.16 Å². The van der Waals surface area contributed by atoms with Crippen LogP contribution in [-0.2, 0) is 6.54 Å². The van der Waals surface area contributed by atoms with Crippen LogP contribution in [0, 0.1) is 13.8 Å². The van der Waals surface area contributed by atoms with Crippen LogP contribution < -0.4 is 5.32 Å². The number of hydrogen-bond donors (Lipinski definition) is 1. The lowest BCUT2D eigenvalue weighted by Crippen LogP contribution is -2.19. The number of benzene rings is 1. The molecule has 1 aromatic heterocycles. The van der Waals surface area contributed by atoms with Gasteiger partial charge in [-0.3, -0.25) is 0 Å². The summed E-state index contributed by atoms with van der Waals surface area (Å²) in [6.45, 7) is 6.68. The van der Waals surface area contributed by atoms with Crippen molar-refractivity contribution in [2.45, 2.75) is 33.4 Å². The first kappa shape index (κ1) is 14.6. The van der Waals surface area contributed by atoms with Gasteiger partial charge in [0.25, 0.3) is 0 Å². The van der Waals surface area contributed by atoms with Gasteiger partial charge < -0.3 is 9.84 Å². The van der Waals surface area contributed by atoms with E-state index in [9.17, 15) is 0 Å². The molecular weight excluding hydrogens is 328 g/mol. The number of aryl methyl sites for hydroxylation is 2. The van der Waals surface area contributed by atoms with E-state index in [0.717, 1.165) is 32.1 Å². The second-order valence-electron chi connectivity index (χ2n) is 4.57. The Morgan fingerprint density at radius 3 is 2.74 bits per heavy atom. The summed E-state index contributed by atoms with van der Waals surface area (Å²) in [4.78, 5) is 0. The van der Waals surface area contributed by atoms with E-state index in [2.05, 4.69) is 33.3 Å². The minimum atomic E-state index is 0.161. The van der Waals surface area contributed by atoms with E-state index >= 15 is 0 Å². The maximum Gasteiger partial charge on any atom is 0.138 e. The predicted octanol–water partition coefficient (Wildman–Crippen LogP) is 4.56. The smallest absolute Gasteiger partial charge is 0.138 e. The Balaban J connectivity index is 2.07. The van der Waals surface area contributed by atoms with E-state index in [-0.39, 0.29) is 6.04 Å². The van der Waals surface area contributed by atoms with E-state index in [1.54, 1.807) is 0 Å². The Bertz CT molecular complexity index is 563. The van der Waals surface area contributed by atoms with Gasteiger partial charge in [-0.15, -0.1) is 0 Å². The van der Waals surface area contributed by atoms with Crippen molar-refractivity contribution in [2.75, 3.05) is 0 Å². The van der Waals surface area contributed by atoms with Crippen LogP contribution in [0.5, 0.6) is 0 Å². The molecule has 5 heteroatoms. The fourth-order valence-corrected chi connectivity index (χ4v) is 2.81. The third kappa shape index (κ3) is 3.38. The van der Waals surface area contributed by atoms with Crippen molar-refractivity contribution in [3.63, 3.8) is 0 Å². The summed E-state index contributed by atoms with van der Waals surface area (Å²) >= 11 is 9.66. The summed E-state index contributed by atoms with van der Waals surface area (Å²) in [6, 6.07) is 6.09. The second kappa shape index (κ2) is 6.07. The zero-order valence-corrected chi connectivity index (χ0v) is 13.5. The Kier molecular flexibility index (Phi) is 4.66. The van der Waals surface area contributed by atoms with Gasteiger partial charge in [-0.25, -0.2) is 0 Å². The van der Waals surface area contributed by atoms with Crippen molar-refractivity contribution in [1.82, 2.24) is 10.5 Å². The molecule has 2 aromatic rings. The van der Waals surface area contributed by atoms with Gasteiger partial charge in [0.05, 0.1) is 5.69 Å². The lowest BCUT2D eigenvalue weighted by molar-refractivity contribution is 0.391. The van der Waals surface area contributed by atoms with Crippen molar-refractivity contribution in [1.29, 1.82) is 0 Å². The third-order valence-corrected chi connectivity index (χ3v) is 4.02. The molecule has 1 N–H and O–H groups in total. The molecule has 1 atom stereocenters. The van der Waals surface area contributed by atoms with Crippen LogP contribution in [0.2, 0.25) is 5.02 Å². The predicted molar refractivity (Wildman–Crippen MR) is 80.4 cm³/mol. The molecular formula is C14H16BrClN2O. The summed E-state index contributed by atoms with van der Waals surface area (Å²) in [6.07, 6.45) is 0. The summed E-state index contributed by atoms with van der Waals surface area (Å²) in [5.74, 6) is 0.860. The van der Waals surface area contributed by atoms with E-state index in [1.165, 1.54) is 0 Å². The normalized spacial score (nSPS) is 12.7. The monoisotopic (exact) mass is 342 g/mol. The summed E-state index contributed by atoms with van der Waals surface area (Å²) in [5, 5.41) is 8.15. The van der Waals surface area contributed by atoms with Gasteiger partial charge in [0.15, 0.2) is 0 Å². The van der Waals surface area contributed by atoms with Crippen molar-refractivity contribution < 1.29 is 4.52 Å². The first-order valence-corrected chi connectivity index (χ1v) is 7.26. The first-order chi connectivity index (χ1) is 8.99. The fraction of sp³-hybridized carbons (Fsp3) is 0.357. The average molecular weight is 344 g/mol. The molecule has 0 aliphatic carbocycles. The number of rotatable bonds is 4. The second-order valence-corrected chi connectivity index (χ2v) is 5.89. The molecule has 19 heavy (non-hydrogen) atoms. The molecule has 0 spiro atoms. The topological polar surface area (TPSA) is 38.1 Å². The van der Waals surface area contributed by atoms with E-state index in [4.69, 9.17) is 16.1 Å². The number of halogens is 2. The molecule has 0 amide bonds. The van der Waals surface area contributed by atoms with Crippen LogP contribution in [0.3, 0.4) is 0 Å². The Morgan fingerprint density at radius 2 is 2.16 bits per heavy atom. The maximum absolute atomic E-state index is 6.25. The van der Waals surface area contributed by atoms with Crippen molar-refractivity contribution in [3.8, 4) is 0 Å². The highest BCUT2D eigenvalue weighted by Crippen LogP contribution is 2.26. The summed E-state index contributed by atoms with van der Waals surface area (Å²) in [7, 11) is 0. The Labute approximate surface area is 126 Å². The highest BCUT2D eigenvalue weighted by molar-refractivity contribution is 9.10. The molecule has 1 unspecified atom stereocenters. The van der Waals surface area contributed by atoms with Gasteiger partial charge in [0.2, 0.25) is 0 Å². The summed E-state index contributed by atoms with van der Waals surface area (Å²) in [5.41, 5.74) is 3.12. The number of aromatic nitrogens is 1. The van der Waals surface area contributed by atoms with Gasteiger partial charge in [-0.2, -0.15) is 0 Å². The average Bonchev–Trinajstić information content (AvgIpc) is 2.66. The van der Waals surface area contributed by atoms with Gasteiger partial charge in [-0.1, -0.05) is 38.8 Å². The molecule has 0 bridgehead atoms. The highest BCUT2D eigenvalue weighted by Gasteiger charge is 2.13. The molecule has 0 saturated heterocycles.